The minimum absolute atomic E-state index is 0. The van der Waals surface area contributed by atoms with Crippen LogP contribution in [0.15, 0.2) is 29.9 Å². The summed E-state index contributed by atoms with van der Waals surface area (Å²) in [5.74, 6) is -0.00159. The Morgan fingerprint density at radius 3 is 2.81 bits per heavy atom. The molecule has 0 saturated carbocycles. The van der Waals surface area contributed by atoms with E-state index in [2.05, 4.69) is 20.6 Å². The van der Waals surface area contributed by atoms with Crippen LogP contribution in [0.2, 0.25) is 0 Å². The van der Waals surface area contributed by atoms with Gasteiger partial charge < -0.3 is 10.6 Å². The Labute approximate surface area is 140 Å². The molecule has 2 rings (SSSR count). The first-order valence-electron chi connectivity index (χ1n) is 6.05. The van der Waals surface area contributed by atoms with E-state index in [0.717, 1.165) is 22.8 Å². The molecule has 2 aromatic rings. The standard InChI is InChI=1S/C13H16N4OS.2ClH/c1-14-5-6-16-12(18)7-11-9-19-13(17-11)10-3-2-4-15-8-10;;/h2-4,8-9,14H,5-7H2,1H3,(H,16,18);2*1H. The fourth-order valence-electron chi connectivity index (χ4n) is 1.56. The van der Waals surface area contributed by atoms with Crippen LogP contribution in [0.25, 0.3) is 10.6 Å². The van der Waals surface area contributed by atoms with Crippen molar-refractivity contribution in [2.24, 2.45) is 0 Å². The van der Waals surface area contributed by atoms with E-state index >= 15 is 0 Å². The molecule has 0 bridgehead atoms. The second kappa shape index (κ2) is 10.5. The maximum atomic E-state index is 11.6. The van der Waals surface area contributed by atoms with Crippen molar-refractivity contribution < 1.29 is 4.79 Å². The minimum atomic E-state index is -0.00159. The van der Waals surface area contributed by atoms with Crippen molar-refractivity contribution in [3.8, 4) is 10.6 Å². The van der Waals surface area contributed by atoms with E-state index in [1.807, 2.05) is 24.6 Å². The van der Waals surface area contributed by atoms with Crippen LogP contribution < -0.4 is 10.6 Å². The van der Waals surface area contributed by atoms with Gasteiger partial charge in [0.15, 0.2) is 0 Å². The lowest BCUT2D eigenvalue weighted by molar-refractivity contribution is -0.120. The number of aromatic nitrogens is 2. The van der Waals surface area contributed by atoms with Crippen molar-refractivity contribution in [1.29, 1.82) is 0 Å². The molecule has 116 valence electrons. The number of hydrogen-bond acceptors (Lipinski definition) is 5. The number of nitrogens with one attached hydrogen (secondary N) is 2. The molecule has 1 amide bonds. The van der Waals surface area contributed by atoms with Crippen LogP contribution in [-0.2, 0) is 11.2 Å². The molecule has 2 N–H and O–H groups in total. The molecule has 0 aliphatic heterocycles. The van der Waals surface area contributed by atoms with Crippen LogP contribution in [0, 0.1) is 0 Å². The van der Waals surface area contributed by atoms with Gasteiger partial charge in [0.2, 0.25) is 5.91 Å². The zero-order chi connectivity index (χ0) is 13.5. The third kappa shape index (κ3) is 6.39. The molecular weight excluding hydrogens is 331 g/mol. The van der Waals surface area contributed by atoms with Gasteiger partial charge in [-0.3, -0.25) is 9.78 Å². The first-order valence-corrected chi connectivity index (χ1v) is 6.93. The van der Waals surface area contributed by atoms with Crippen LogP contribution >= 0.6 is 36.2 Å². The van der Waals surface area contributed by atoms with E-state index in [1.54, 1.807) is 12.4 Å². The third-order valence-corrected chi connectivity index (χ3v) is 3.44. The van der Waals surface area contributed by atoms with Crippen LogP contribution in [0.4, 0.5) is 0 Å². The molecular formula is C13H18Cl2N4OS. The molecule has 0 aliphatic rings. The van der Waals surface area contributed by atoms with Gasteiger partial charge in [0.1, 0.15) is 5.01 Å². The van der Waals surface area contributed by atoms with Crippen LogP contribution in [-0.4, -0.2) is 36.0 Å². The molecule has 0 aromatic carbocycles. The fraction of sp³-hybridized carbons (Fsp3) is 0.308. The number of nitrogens with zero attached hydrogens (tertiary/aromatic N) is 2. The third-order valence-electron chi connectivity index (χ3n) is 2.50. The summed E-state index contributed by atoms with van der Waals surface area (Å²) in [6.07, 6.45) is 3.82. The number of carbonyl (C=O) groups excluding carboxylic acids is 1. The lowest BCUT2D eigenvalue weighted by Gasteiger charge is -2.02. The van der Waals surface area contributed by atoms with Crippen molar-refractivity contribution in [3.63, 3.8) is 0 Å². The molecule has 8 heteroatoms. The topological polar surface area (TPSA) is 66.9 Å². The molecule has 0 spiro atoms. The van der Waals surface area contributed by atoms with Gasteiger partial charge in [0.25, 0.3) is 0 Å². The van der Waals surface area contributed by atoms with Crippen LogP contribution in [0.3, 0.4) is 0 Å². The zero-order valence-electron chi connectivity index (χ0n) is 11.5. The SMILES string of the molecule is CNCCNC(=O)Cc1csc(-c2cccnc2)n1.Cl.Cl. The number of likely N-dealkylation sites (N-methyl/N-ethyl adjacent to an activating group) is 1. The second-order valence-electron chi connectivity index (χ2n) is 4.02. The molecule has 0 saturated heterocycles. The van der Waals surface area contributed by atoms with E-state index in [1.165, 1.54) is 11.3 Å². The lowest BCUT2D eigenvalue weighted by Crippen LogP contribution is -2.31. The monoisotopic (exact) mass is 348 g/mol. The summed E-state index contributed by atoms with van der Waals surface area (Å²) in [5.41, 5.74) is 1.78. The second-order valence-corrected chi connectivity index (χ2v) is 4.87. The van der Waals surface area contributed by atoms with Gasteiger partial charge in [-0.2, -0.15) is 0 Å². The van der Waals surface area contributed by atoms with Crippen molar-refractivity contribution >= 4 is 42.1 Å². The number of hydrogen-bond donors (Lipinski definition) is 2. The molecule has 0 aliphatic carbocycles. The minimum Gasteiger partial charge on any atom is -0.354 e. The molecule has 0 fully saturated rings. The number of pyridine rings is 1. The Bertz CT molecular complexity index is 536. The first kappa shape index (κ1) is 19.8. The Morgan fingerprint density at radius 1 is 1.33 bits per heavy atom. The highest BCUT2D eigenvalue weighted by Gasteiger charge is 2.08. The quantitative estimate of drug-likeness (QED) is 0.782. The smallest absolute Gasteiger partial charge is 0.226 e. The van der Waals surface area contributed by atoms with Crippen molar-refractivity contribution in [2.45, 2.75) is 6.42 Å². The Balaban J connectivity index is 0.00000200. The van der Waals surface area contributed by atoms with Gasteiger partial charge in [-0.15, -0.1) is 36.2 Å². The summed E-state index contributed by atoms with van der Waals surface area (Å²) in [5, 5.41) is 8.62. The van der Waals surface area contributed by atoms with E-state index < -0.39 is 0 Å². The summed E-state index contributed by atoms with van der Waals surface area (Å²) < 4.78 is 0. The highest BCUT2D eigenvalue weighted by atomic mass is 35.5. The van der Waals surface area contributed by atoms with Crippen LogP contribution in [0.1, 0.15) is 5.69 Å². The molecule has 21 heavy (non-hydrogen) atoms. The van der Waals surface area contributed by atoms with Crippen molar-refractivity contribution in [1.82, 2.24) is 20.6 Å². The molecule has 0 radical (unpaired) electrons. The number of carbonyl (C=O) groups is 1. The number of halogens is 2. The molecule has 0 atom stereocenters. The predicted molar refractivity (Wildman–Crippen MR) is 90.5 cm³/mol. The van der Waals surface area contributed by atoms with E-state index in [-0.39, 0.29) is 30.7 Å². The Morgan fingerprint density at radius 2 is 2.14 bits per heavy atom. The van der Waals surface area contributed by atoms with Gasteiger partial charge in [-0.25, -0.2) is 4.98 Å². The summed E-state index contributed by atoms with van der Waals surface area (Å²) in [6.45, 7) is 1.40. The molecule has 5 nitrogen and oxygen atoms in total. The average Bonchev–Trinajstić information content (AvgIpc) is 2.88. The summed E-state index contributed by atoms with van der Waals surface area (Å²) >= 11 is 1.53. The molecule has 2 heterocycles. The lowest BCUT2D eigenvalue weighted by atomic mass is 10.3. The largest absolute Gasteiger partial charge is 0.354 e. The number of amides is 1. The Hall–Kier alpha value is -1.21. The van der Waals surface area contributed by atoms with Gasteiger partial charge in [-0.1, -0.05) is 0 Å². The number of thiazole rings is 1. The first-order chi connectivity index (χ1) is 9.29. The highest BCUT2D eigenvalue weighted by Crippen LogP contribution is 2.22. The highest BCUT2D eigenvalue weighted by molar-refractivity contribution is 7.13. The summed E-state index contributed by atoms with van der Waals surface area (Å²) in [7, 11) is 1.85. The number of rotatable bonds is 6. The van der Waals surface area contributed by atoms with Gasteiger partial charge in [-0.05, 0) is 19.2 Å². The van der Waals surface area contributed by atoms with E-state index in [4.69, 9.17) is 0 Å². The average molecular weight is 349 g/mol. The maximum Gasteiger partial charge on any atom is 0.226 e. The van der Waals surface area contributed by atoms with Crippen molar-refractivity contribution in [2.75, 3.05) is 20.1 Å². The maximum absolute atomic E-state index is 11.6. The zero-order valence-corrected chi connectivity index (χ0v) is 14.0. The fourth-order valence-corrected chi connectivity index (χ4v) is 2.37. The van der Waals surface area contributed by atoms with Gasteiger partial charge >= 0.3 is 0 Å². The van der Waals surface area contributed by atoms with Gasteiger partial charge in [0, 0.05) is 36.4 Å². The summed E-state index contributed by atoms with van der Waals surface area (Å²) in [4.78, 5) is 20.2. The molecule has 0 unspecified atom stereocenters. The van der Waals surface area contributed by atoms with Crippen LogP contribution in [0.5, 0.6) is 0 Å². The van der Waals surface area contributed by atoms with Crippen molar-refractivity contribution in [3.05, 3.63) is 35.6 Å². The Kier molecular flexibility index (Phi) is 9.90. The molecule has 2 aromatic heterocycles. The van der Waals surface area contributed by atoms with E-state index in [0.29, 0.717) is 13.0 Å². The van der Waals surface area contributed by atoms with Gasteiger partial charge in [0.05, 0.1) is 12.1 Å². The normalized spacial score (nSPS) is 9.38. The summed E-state index contributed by atoms with van der Waals surface area (Å²) in [6, 6.07) is 3.84. The van der Waals surface area contributed by atoms with E-state index in [9.17, 15) is 4.79 Å². The predicted octanol–water partition coefficient (Wildman–Crippen LogP) is 1.93.